The molecule has 3 heterocycles. The van der Waals surface area contributed by atoms with Gasteiger partial charge in [0.1, 0.15) is 5.82 Å². The van der Waals surface area contributed by atoms with Crippen molar-refractivity contribution in [3.63, 3.8) is 0 Å². The lowest BCUT2D eigenvalue weighted by atomic mass is 9.93. The summed E-state index contributed by atoms with van der Waals surface area (Å²) in [6, 6.07) is 0. The highest BCUT2D eigenvalue weighted by Crippen LogP contribution is 2.30. The summed E-state index contributed by atoms with van der Waals surface area (Å²) in [4.78, 5) is 8.59. The predicted molar refractivity (Wildman–Crippen MR) is 87.6 cm³/mol. The van der Waals surface area contributed by atoms with Gasteiger partial charge in [-0.3, -0.25) is 0 Å². The molecule has 2 fully saturated rings. The fourth-order valence-corrected chi connectivity index (χ4v) is 4.97. The minimum absolute atomic E-state index is 0.0154. The Labute approximate surface area is 142 Å². The van der Waals surface area contributed by atoms with Gasteiger partial charge in [0.15, 0.2) is 0 Å². The number of nitrogens with zero attached hydrogens (tertiary/aromatic N) is 4. The normalized spacial score (nSPS) is 24.2. The van der Waals surface area contributed by atoms with E-state index in [4.69, 9.17) is 4.74 Å². The van der Waals surface area contributed by atoms with Crippen molar-refractivity contribution >= 4 is 10.2 Å². The van der Waals surface area contributed by atoms with Gasteiger partial charge >= 0.3 is 0 Å². The van der Waals surface area contributed by atoms with Crippen molar-refractivity contribution in [1.29, 1.82) is 0 Å². The van der Waals surface area contributed by atoms with Gasteiger partial charge in [-0.15, -0.1) is 0 Å². The van der Waals surface area contributed by atoms with E-state index in [1.807, 2.05) is 0 Å². The fourth-order valence-electron chi connectivity index (χ4n) is 3.30. The van der Waals surface area contributed by atoms with Crippen LogP contribution in [0.25, 0.3) is 0 Å². The zero-order chi connectivity index (χ0) is 17.2. The predicted octanol–water partition coefficient (Wildman–Crippen LogP) is 0.0337. The molecular formula is C15H24N4O4S. The van der Waals surface area contributed by atoms with Crippen LogP contribution >= 0.6 is 0 Å². The summed E-state index contributed by atoms with van der Waals surface area (Å²) in [6.45, 7) is 4.26. The van der Waals surface area contributed by atoms with Crippen LogP contribution in [0.3, 0.4) is 0 Å². The van der Waals surface area contributed by atoms with Crippen molar-refractivity contribution in [3.05, 3.63) is 23.3 Å². The molecule has 3 rings (SSSR count). The van der Waals surface area contributed by atoms with Crippen LogP contribution < -0.4 is 0 Å². The van der Waals surface area contributed by atoms with Crippen LogP contribution in [0.2, 0.25) is 0 Å². The van der Waals surface area contributed by atoms with E-state index in [0.717, 1.165) is 18.5 Å². The standard InChI is InChI=1S/C15H24N4O4S/c1-12-16-9-14(11-20)15(17-12)13-3-2-4-19(10-13)24(21,22)18-5-7-23-8-6-18/h9,13,20H,2-8,10-11H2,1H3. The van der Waals surface area contributed by atoms with E-state index in [-0.39, 0.29) is 12.5 Å². The molecule has 134 valence electrons. The van der Waals surface area contributed by atoms with Gasteiger partial charge in [-0.05, 0) is 19.8 Å². The van der Waals surface area contributed by atoms with Crippen molar-refractivity contribution < 1.29 is 18.3 Å². The second-order valence-corrected chi connectivity index (χ2v) is 8.13. The minimum Gasteiger partial charge on any atom is -0.392 e. The highest BCUT2D eigenvalue weighted by atomic mass is 32.2. The topological polar surface area (TPSA) is 95.9 Å². The molecule has 1 aromatic heterocycles. The van der Waals surface area contributed by atoms with E-state index in [9.17, 15) is 13.5 Å². The summed E-state index contributed by atoms with van der Waals surface area (Å²) >= 11 is 0. The maximum absolute atomic E-state index is 12.9. The number of hydrogen-bond donors (Lipinski definition) is 1. The van der Waals surface area contributed by atoms with Gasteiger partial charge in [0.25, 0.3) is 10.2 Å². The summed E-state index contributed by atoms with van der Waals surface area (Å²) in [5.41, 5.74) is 1.45. The zero-order valence-electron chi connectivity index (χ0n) is 13.9. The van der Waals surface area contributed by atoms with Crippen molar-refractivity contribution in [1.82, 2.24) is 18.6 Å². The van der Waals surface area contributed by atoms with Crippen molar-refractivity contribution in [2.45, 2.75) is 32.3 Å². The SMILES string of the molecule is Cc1ncc(CO)c(C2CCCN(S(=O)(=O)N3CCOCC3)C2)n1. The van der Waals surface area contributed by atoms with Crippen molar-refractivity contribution in [2.24, 2.45) is 0 Å². The van der Waals surface area contributed by atoms with Crippen LogP contribution in [0.15, 0.2) is 6.20 Å². The van der Waals surface area contributed by atoms with Crippen LogP contribution in [0.5, 0.6) is 0 Å². The van der Waals surface area contributed by atoms with E-state index >= 15 is 0 Å². The highest BCUT2D eigenvalue weighted by Gasteiger charge is 2.35. The van der Waals surface area contributed by atoms with E-state index in [2.05, 4.69) is 9.97 Å². The van der Waals surface area contributed by atoms with Gasteiger partial charge in [0.2, 0.25) is 0 Å². The Bertz CT molecular complexity index is 676. The molecule has 0 radical (unpaired) electrons. The largest absolute Gasteiger partial charge is 0.392 e. The fraction of sp³-hybridized carbons (Fsp3) is 0.733. The monoisotopic (exact) mass is 356 g/mol. The van der Waals surface area contributed by atoms with E-state index < -0.39 is 10.2 Å². The summed E-state index contributed by atoms with van der Waals surface area (Å²) < 4.78 is 34.0. The molecule has 1 unspecified atom stereocenters. The molecule has 2 saturated heterocycles. The first-order valence-corrected chi connectivity index (χ1v) is 9.68. The number of aliphatic hydroxyl groups is 1. The number of aryl methyl sites for hydroxylation is 1. The first-order valence-electron chi connectivity index (χ1n) is 8.28. The summed E-state index contributed by atoms with van der Waals surface area (Å²) in [6.07, 6.45) is 3.27. The molecule has 1 aromatic rings. The Morgan fingerprint density at radius 2 is 2.04 bits per heavy atom. The van der Waals surface area contributed by atoms with Crippen LogP contribution in [-0.2, 0) is 21.6 Å². The molecule has 1 atom stereocenters. The average molecular weight is 356 g/mol. The third kappa shape index (κ3) is 3.60. The molecule has 0 bridgehead atoms. The molecule has 2 aliphatic heterocycles. The minimum atomic E-state index is -3.47. The smallest absolute Gasteiger partial charge is 0.282 e. The molecule has 0 amide bonds. The van der Waals surface area contributed by atoms with E-state index in [0.29, 0.717) is 50.8 Å². The summed E-state index contributed by atoms with van der Waals surface area (Å²) in [5.74, 6) is 0.619. The van der Waals surface area contributed by atoms with Gasteiger partial charge in [0, 0.05) is 43.9 Å². The number of ether oxygens (including phenoxy) is 1. The summed E-state index contributed by atoms with van der Waals surface area (Å²) in [7, 11) is -3.47. The van der Waals surface area contributed by atoms with Crippen molar-refractivity contribution in [3.8, 4) is 0 Å². The lowest BCUT2D eigenvalue weighted by Gasteiger charge is -2.36. The third-order valence-electron chi connectivity index (χ3n) is 4.58. The van der Waals surface area contributed by atoms with E-state index in [1.165, 1.54) is 4.31 Å². The van der Waals surface area contributed by atoms with Gasteiger partial charge in [-0.2, -0.15) is 17.0 Å². The van der Waals surface area contributed by atoms with Crippen molar-refractivity contribution in [2.75, 3.05) is 39.4 Å². The van der Waals surface area contributed by atoms with Crippen LogP contribution in [0, 0.1) is 6.92 Å². The number of hydrogen-bond acceptors (Lipinski definition) is 6. The maximum atomic E-state index is 12.9. The molecular weight excluding hydrogens is 332 g/mol. The van der Waals surface area contributed by atoms with E-state index in [1.54, 1.807) is 17.4 Å². The third-order valence-corrected chi connectivity index (χ3v) is 6.58. The number of aromatic nitrogens is 2. The number of rotatable bonds is 4. The maximum Gasteiger partial charge on any atom is 0.282 e. The first-order chi connectivity index (χ1) is 11.5. The Hall–Kier alpha value is -1.13. The number of aliphatic hydroxyl groups excluding tert-OH is 1. The molecule has 8 nitrogen and oxygen atoms in total. The second-order valence-electron chi connectivity index (χ2n) is 6.20. The van der Waals surface area contributed by atoms with Gasteiger partial charge in [-0.25, -0.2) is 9.97 Å². The highest BCUT2D eigenvalue weighted by molar-refractivity contribution is 7.86. The molecule has 2 aliphatic rings. The molecule has 9 heteroatoms. The van der Waals surface area contributed by atoms with Gasteiger partial charge in [-0.1, -0.05) is 0 Å². The summed E-state index contributed by atoms with van der Waals surface area (Å²) in [5, 5.41) is 9.54. The first kappa shape index (κ1) is 17.7. The molecule has 0 spiro atoms. The van der Waals surface area contributed by atoms with Gasteiger partial charge in [0.05, 0.1) is 25.5 Å². The Kier molecular flexibility index (Phi) is 5.46. The Morgan fingerprint density at radius 3 is 2.75 bits per heavy atom. The van der Waals surface area contributed by atoms with Crippen LogP contribution in [0.1, 0.15) is 35.8 Å². The Morgan fingerprint density at radius 1 is 1.29 bits per heavy atom. The molecule has 24 heavy (non-hydrogen) atoms. The van der Waals surface area contributed by atoms with Crippen LogP contribution in [0.4, 0.5) is 0 Å². The average Bonchev–Trinajstić information content (AvgIpc) is 2.62. The quantitative estimate of drug-likeness (QED) is 0.818. The lowest BCUT2D eigenvalue weighted by molar-refractivity contribution is 0.0695. The van der Waals surface area contributed by atoms with Gasteiger partial charge < -0.3 is 9.84 Å². The zero-order valence-corrected chi connectivity index (χ0v) is 14.7. The number of piperidine rings is 1. The molecule has 0 saturated carbocycles. The number of morpholine rings is 1. The Balaban J connectivity index is 1.80. The molecule has 0 aromatic carbocycles. The van der Waals surface area contributed by atoms with Crippen LogP contribution in [-0.4, -0.2) is 71.5 Å². The lowest BCUT2D eigenvalue weighted by Crippen LogP contribution is -2.51. The molecule has 0 aliphatic carbocycles. The second kappa shape index (κ2) is 7.40. The molecule has 1 N–H and O–H groups in total.